The largest absolute Gasteiger partial charge is 0.492 e. The topological polar surface area (TPSA) is 47.6 Å². The lowest BCUT2D eigenvalue weighted by molar-refractivity contribution is -0.127. The molecule has 27 heavy (non-hydrogen) atoms. The van der Waals surface area contributed by atoms with E-state index in [1.165, 1.54) is 0 Å². The highest BCUT2D eigenvalue weighted by Gasteiger charge is 2.14. The van der Waals surface area contributed by atoms with E-state index in [2.05, 4.69) is 5.32 Å². The summed E-state index contributed by atoms with van der Waals surface area (Å²) in [6.45, 7) is 4.40. The molecule has 0 bridgehead atoms. The smallest absolute Gasteiger partial charge is 0.260 e. The summed E-state index contributed by atoms with van der Waals surface area (Å²) >= 11 is 6.07. The summed E-state index contributed by atoms with van der Waals surface area (Å²) in [6.07, 6.45) is -0.597. The van der Waals surface area contributed by atoms with Crippen molar-refractivity contribution in [1.29, 1.82) is 0 Å². The Morgan fingerprint density at radius 3 is 2.56 bits per heavy atom. The standard InChI is InChI=1S/C22H22ClNO3/c1-15-7-9-19(14-21(15)23)26-12-11-24-22(25)16(2)27-20-10-8-17-5-3-4-6-18(17)13-20/h3-10,13-14,16H,11-12H2,1-2H3,(H,24,25). The summed E-state index contributed by atoms with van der Waals surface area (Å²) in [5.74, 6) is 1.16. The lowest BCUT2D eigenvalue weighted by Gasteiger charge is -2.15. The molecule has 0 aliphatic heterocycles. The highest BCUT2D eigenvalue weighted by Crippen LogP contribution is 2.22. The summed E-state index contributed by atoms with van der Waals surface area (Å²) in [7, 11) is 0. The summed E-state index contributed by atoms with van der Waals surface area (Å²) in [4.78, 5) is 12.2. The number of nitrogens with one attached hydrogen (secondary N) is 1. The van der Waals surface area contributed by atoms with Crippen molar-refractivity contribution < 1.29 is 14.3 Å². The van der Waals surface area contributed by atoms with Crippen LogP contribution < -0.4 is 14.8 Å². The van der Waals surface area contributed by atoms with Gasteiger partial charge in [-0.25, -0.2) is 0 Å². The molecule has 4 nitrogen and oxygen atoms in total. The first-order valence-electron chi connectivity index (χ1n) is 8.85. The van der Waals surface area contributed by atoms with Gasteiger partial charge in [-0.15, -0.1) is 0 Å². The van der Waals surface area contributed by atoms with Gasteiger partial charge in [0, 0.05) is 5.02 Å². The number of carbonyl (C=O) groups excluding carboxylic acids is 1. The predicted octanol–water partition coefficient (Wildman–Crippen LogP) is 4.76. The molecule has 0 radical (unpaired) electrons. The molecule has 3 aromatic rings. The average Bonchev–Trinajstić information content (AvgIpc) is 2.67. The van der Waals surface area contributed by atoms with Crippen LogP contribution in [0.5, 0.6) is 11.5 Å². The number of hydrogen-bond donors (Lipinski definition) is 1. The molecule has 0 aliphatic carbocycles. The first-order chi connectivity index (χ1) is 13.0. The number of fused-ring (bicyclic) bond motifs is 1. The number of aryl methyl sites for hydroxylation is 1. The normalized spacial score (nSPS) is 11.8. The van der Waals surface area contributed by atoms with Crippen molar-refractivity contribution in [3.05, 3.63) is 71.2 Å². The third kappa shape index (κ3) is 5.14. The third-order valence-corrected chi connectivity index (χ3v) is 4.62. The second-order valence-electron chi connectivity index (χ2n) is 6.32. The fourth-order valence-corrected chi connectivity index (χ4v) is 2.82. The lowest BCUT2D eigenvalue weighted by atomic mass is 10.1. The van der Waals surface area contributed by atoms with E-state index in [4.69, 9.17) is 21.1 Å². The molecular weight excluding hydrogens is 362 g/mol. The summed E-state index contributed by atoms with van der Waals surface area (Å²) in [5.41, 5.74) is 0.997. The van der Waals surface area contributed by atoms with Crippen molar-refractivity contribution in [2.24, 2.45) is 0 Å². The zero-order valence-corrected chi connectivity index (χ0v) is 16.1. The van der Waals surface area contributed by atoms with Gasteiger partial charge in [0.25, 0.3) is 5.91 Å². The Morgan fingerprint density at radius 1 is 1.04 bits per heavy atom. The van der Waals surface area contributed by atoms with Crippen molar-refractivity contribution in [2.45, 2.75) is 20.0 Å². The number of benzene rings is 3. The van der Waals surface area contributed by atoms with Gasteiger partial charge in [-0.2, -0.15) is 0 Å². The van der Waals surface area contributed by atoms with Crippen LogP contribution >= 0.6 is 11.6 Å². The maximum absolute atomic E-state index is 12.2. The number of rotatable bonds is 7. The maximum Gasteiger partial charge on any atom is 0.260 e. The van der Waals surface area contributed by atoms with Gasteiger partial charge in [-0.3, -0.25) is 4.79 Å². The van der Waals surface area contributed by atoms with Gasteiger partial charge < -0.3 is 14.8 Å². The van der Waals surface area contributed by atoms with Crippen molar-refractivity contribution >= 4 is 28.3 Å². The van der Waals surface area contributed by atoms with Crippen molar-refractivity contribution in [1.82, 2.24) is 5.32 Å². The van der Waals surface area contributed by atoms with Gasteiger partial charge >= 0.3 is 0 Å². The Labute approximate surface area is 164 Å². The maximum atomic E-state index is 12.2. The minimum absolute atomic E-state index is 0.186. The van der Waals surface area contributed by atoms with Gasteiger partial charge in [0.15, 0.2) is 6.10 Å². The predicted molar refractivity (Wildman–Crippen MR) is 109 cm³/mol. The van der Waals surface area contributed by atoms with Gasteiger partial charge in [0.2, 0.25) is 0 Å². The van der Waals surface area contributed by atoms with Crippen LogP contribution in [0.4, 0.5) is 0 Å². The molecule has 140 valence electrons. The molecule has 0 saturated carbocycles. The third-order valence-electron chi connectivity index (χ3n) is 4.22. The van der Waals surface area contributed by atoms with E-state index in [1.807, 2.05) is 61.5 Å². The van der Waals surface area contributed by atoms with Crippen LogP contribution in [-0.4, -0.2) is 25.2 Å². The van der Waals surface area contributed by atoms with E-state index in [-0.39, 0.29) is 5.91 Å². The highest BCUT2D eigenvalue weighted by molar-refractivity contribution is 6.31. The zero-order chi connectivity index (χ0) is 19.2. The SMILES string of the molecule is Cc1ccc(OCCNC(=O)C(C)Oc2ccc3ccccc3c2)cc1Cl. The summed E-state index contributed by atoms with van der Waals surface area (Å²) in [6, 6.07) is 19.3. The van der Waals surface area contributed by atoms with Crippen LogP contribution in [0.25, 0.3) is 10.8 Å². The Morgan fingerprint density at radius 2 is 1.78 bits per heavy atom. The number of carbonyl (C=O) groups is 1. The minimum atomic E-state index is -0.597. The van der Waals surface area contributed by atoms with Crippen LogP contribution in [0.2, 0.25) is 5.02 Å². The first-order valence-corrected chi connectivity index (χ1v) is 9.23. The second-order valence-corrected chi connectivity index (χ2v) is 6.73. The van der Waals surface area contributed by atoms with Crippen LogP contribution in [-0.2, 0) is 4.79 Å². The van der Waals surface area contributed by atoms with Crippen molar-refractivity contribution in [3.63, 3.8) is 0 Å². The van der Waals surface area contributed by atoms with Crippen LogP contribution in [0.3, 0.4) is 0 Å². The van der Waals surface area contributed by atoms with E-state index in [1.54, 1.807) is 13.0 Å². The van der Waals surface area contributed by atoms with E-state index in [0.29, 0.717) is 29.7 Å². The van der Waals surface area contributed by atoms with E-state index >= 15 is 0 Å². The van der Waals surface area contributed by atoms with Gasteiger partial charge in [-0.05, 0) is 54.4 Å². The van der Waals surface area contributed by atoms with Gasteiger partial charge in [0.05, 0.1) is 6.54 Å². The first kappa shape index (κ1) is 19.1. The molecule has 0 spiro atoms. The van der Waals surface area contributed by atoms with E-state index < -0.39 is 6.10 Å². The number of ether oxygens (including phenoxy) is 2. The number of amides is 1. The molecule has 1 N–H and O–H groups in total. The Bertz CT molecular complexity index is 942. The molecule has 0 saturated heterocycles. The lowest BCUT2D eigenvalue weighted by Crippen LogP contribution is -2.38. The molecular formula is C22H22ClNO3. The fourth-order valence-electron chi connectivity index (χ4n) is 2.65. The van der Waals surface area contributed by atoms with Gasteiger partial charge in [-0.1, -0.05) is 48.0 Å². The van der Waals surface area contributed by atoms with Crippen molar-refractivity contribution in [3.8, 4) is 11.5 Å². The average molecular weight is 384 g/mol. The molecule has 0 heterocycles. The monoisotopic (exact) mass is 383 g/mol. The Kier molecular flexibility index (Phi) is 6.20. The molecule has 3 rings (SSSR count). The summed E-state index contributed by atoms with van der Waals surface area (Å²) < 4.78 is 11.4. The van der Waals surface area contributed by atoms with Crippen molar-refractivity contribution in [2.75, 3.05) is 13.2 Å². The minimum Gasteiger partial charge on any atom is -0.492 e. The molecule has 0 aromatic heterocycles. The molecule has 1 atom stereocenters. The fraction of sp³-hybridized carbons (Fsp3) is 0.227. The molecule has 1 unspecified atom stereocenters. The molecule has 0 aliphatic rings. The van der Waals surface area contributed by atoms with Gasteiger partial charge in [0.1, 0.15) is 18.1 Å². The Hall–Kier alpha value is -2.72. The number of hydrogen-bond acceptors (Lipinski definition) is 3. The molecule has 3 aromatic carbocycles. The summed E-state index contributed by atoms with van der Waals surface area (Å²) in [5, 5.41) is 5.69. The van der Waals surface area contributed by atoms with E-state index in [0.717, 1.165) is 16.3 Å². The molecule has 1 amide bonds. The number of halogens is 1. The highest BCUT2D eigenvalue weighted by atomic mass is 35.5. The molecule has 5 heteroatoms. The Balaban J connectivity index is 1.46. The molecule has 0 fully saturated rings. The van der Waals surface area contributed by atoms with Crippen LogP contribution in [0.15, 0.2) is 60.7 Å². The van der Waals surface area contributed by atoms with Crippen LogP contribution in [0.1, 0.15) is 12.5 Å². The van der Waals surface area contributed by atoms with Crippen LogP contribution in [0, 0.1) is 6.92 Å². The zero-order valence-electron chi connectivity index (χ0n) is 15.4. The second kappa shape index (κ2) is 8.78. The van der Waals surface area contributed by atoms with E-state index in [9.17, 15) is 4.79 Å². The quantitative estimate of drug-likeness (QED) is 0.598.